The van der Waals surface area contributed by atoms with Crippen LogP contribution >= 0.6 is 0 Å². The summed E-state index contributed by atoms with van der Waals surface area (Å²) in [5, 5.41) is 2.85. The summed E-state index contributed by atoms with van der Waals surface area (Å²) in [5.74, 6) is 0.341. The Hall–Kier alpha value is -3.54. The molecule has 0 aliphatic heterocycles. The Morgan fingerprint density at radius 3 is 2.34 bits per heavy atom. The number of anilines is 1. The molecule has 2 aromatic carbocycles. The minimum atomic E-state index is -0.203. The number of hydrogen-bond acceptors (Lipinski definition) is 5. The normalized spacial score (nSPS) is 10.4. The van der Waals surface area contributed by atoms with Crippen molar-refractivity contribution in [1.82, 2.24) is 9.97 Å². The maximum absolute atomic E-state index is 12.3. The summed E-state index contributed by atoms with van der Waals surface area (Å²) in [7, 11) is 0. The first-order valence-corrected chi connectivity index (χ1v) is 9.38. The Balaban J connectivity index is 1.56. The highest BCUT2D eigenvalue weighted by molar-refractivity contribution is 6.00. The van der Waals surface area contributed by atoms with Crippen molar-refractivity contribution in [2.24, 2.45) is 0 Å². The molecule has 1 aromatic heterocycles. The number of ketones is 1. The minimum absolute atomic E-state index is 0.0356. The van der Waals surface area contributed by atoms with Crippen LogP contribution in [0.25, 0.3) is 0 Å². The van der Waals surface area contributed by atoms with Gasteiger partial charge in [-0.3, -0.25) is 9.59 Å². The zero-order chi connectivity index (χ0) is 20.8. The molecular weight excluding hydrogens is 366 g/mol. The summed E-state index contributed by atoms with van der Waals surface area (Å²) in [6, 6.07) is 12.9. The van der Waals surface area contributed by atoms with Gasteiger partial charge in [-0.05, 0) is 67.8 Å². The molecule has 3 aromatic rings. The second-order valence-corrected chi connectivity index (χ2v) is 6.88. The van der Waals surface area contributed by atoms with E-state index in [9.17, 15) is 9.59 Å². The van der Waals surface area contributed by atoms with Crippen molar-refractivity contribution in [3.05, 3.63) is 77.1 Å². The Morgan fingerprint density at radius 1 is 0.897 bits per heavy atom. The predicted molar refractivity (Wildman–Crippen MR) is 111 cm³/mol. The Kier molecular flexibility index (Phi) is 6.34. The van der Waals surface area contributed by atoms with Crippen molar-refractivity contribution in [2.75, 3.05) is 5.32 Å². The van der Waals surface area contributed by atoms with Gasteiger partial charge in [0.05, 0.1) is 0 Å². The molecule has 0 aliphatic rings. The number of nitrogens with zero attached hydrogens (tertiary/aromatic N) is 2. The Bertz CT molecular complexity index is 1030. The average Bonchev–Trinajstić information content (AvgIpc) is 2.71. The van der Waals surface area contributed by atoms with E-state index in [2.05, 4.69) is 15.3 Å². The molecular formula is C23H23N3O3. The summed E-state index contributed by atoms with van der Waals surface area (Å²) in [4.78, 5) is 32.7. The number of rotatable bonds is 7. The lowest BCUT2D eigenvalue weighted by molar-refractivity contribution is -0.116. The molecule has 6 heteroatoms. The van der Waals surface area contributed by atoms with Crippen LogP contribution in [-0.2, 0) is 4.79 Å². The lowest BCUT2D eigenvalue weighted by Crippen LogP contribution is -2.14. The third kappa shape index (κ3) is 5.48. The zero-order valence-electron chi connectivity index (χ0n) is 16.7. The molecule has 6 nitrogen and oxygen atoms in total. The molecule has 1 heterocycles. The average molecular weight is 389 g/mol. The minimum Gasteiger partial charge on any atom is -0.424 e. The molecule has 0 spiro atoms. The third-order valence-corrected chi connectivity index (χ3v) is 4.63. The van der Waals surface area contributed by atoms with Crippen LogP contribution in [0, 0.1) is 20.8 Å². The maximum atomic E-state index is 12.3. The molecule has 1 amide bonds. The number of aryl methyl sites for hydroxylation is 3. The fourth-order valence-corrected chi connectivity index (χ4v) is 2.78. The maximum Gasteiger partial charge on any atom is 0.321 e. The lowest BCUT2D eigenvalue weighted by atomic mass is 10.0. The van der Waals surface area contributed by atoms with E-state index in [1.54, 1.807) is 36.7 Å². The second kappa shape index (κ2) is 9.10. The number of hydrogen-bond donors (Lipinski definition) is 1. The van der Waals surface area contributed by atoms with E-state index in [0.29, 0.717) is 17.0 Å². The SMILES string of the molecule is Cc1ccc(C(=O)CCC(=O)Nc2ccc(Oc3ncccn3)cc2C)cc1C. The van der Waals surface area contributed by atoms with Gasteiger partial charge in [0.15, 0.2) is 5.78 Å². The highest BCUT2D eigenvalue weighted by Crippen LogP contribution is 2.24. The fraction of sp³-hybridized carbons (Fsp3) is 0.217. The number of Topliss-reactive ketones (excluding diaryl/α,β-unsaturated/α-hetero) is 1. The molecule has 0 saturated carbocycles. The quantitative estimate of drug-likeness (QED) is 0.587. The molecule has 3 rings (SSSR count). The number of carbonyl (C=O) groups is 2. The van der Waals surface area contributed by atoms with E-state index in [-0.39, 0.29) is 30.5 Å². The van der Waals surface area contributed by atoms with Crippen LogP contribution in [0.3, 0.4) is 0 Å². The number of nitrogens with one attached hydrogen (secondary N) is 1. The van der Waals surface area contributed by atoms with Crippen LogP contribution < -0.4 is 10.1 Å². The van der Waals surface area contributed by atoms with Gasteiger partial charge < -0.3 is 10.1 Å². The van der Waals surface area contributed by atoms with Crippen LogP contribution in [0.5, 0.6) is 11.8 Å². The third-order valence-electron chi connectivity index (χ3n) is 4.63. The fourth-order valence-electron chi connectivity index (χ4n) is 2.78. The van der Waals surface area contributed by atoms with Gasteiger partial charge in [-0.2, -0.15) is 0 Å². The standard InChI is InChI=1S/C23H23N3O3/c1-15-5-6-18(13-16(15)2)21(27)9-10-22(28)26-20-8-7-19(14-17(20)3)29-23-24-11-4-12-25-23/h4-8,11-14H,9-10H2,1-3H3,(H,26,28). The summed E-state index contributed by atoms with van der Waals surface area (Å²) in [6.45, 7) is 5.84. The number of benzene rings is 2. The summed E-state index contributed by atoms with van der Waals surface area (Å²) in [6.07, 6.45) is 3.49. The number of carbonyl (C=O) groups excluding carboxylic acids is 2. The number of amides is 1. The summed E-state index contributed by atoms with van der Waals surface area (Å²) < 4.78 is 5.59. The molecule has 0 saturated heterocycles. The van der Waals surface area contributed by atoms with Crippen LogP contribution in [-0.4, -0.2) is 21.7 Å². The Labute approximate surface area is 170 Å². The zero-order valence-corrected chi connectivity index (χ0v) is 16.7. The summed E-state index contributed by atoms with van der Waals surface area (Å²) >= 11 is 0. The molecule has 29 heavy (non-hydrogen) atoms. The van der Waals surface area contributed by atoms with Crippen molar-refractivity contribution in [2.45, 2.75) is 33.6 Å². The van der Waals surface area contributed by atoms with Gasteiger partial charge in [0, 0.05) is 36.5 Å². The van der Waals surface area contributed by atoms with Gasteiger partial charge in [-0.25, -0.2) is 9.97 Å². The topological polar surface area (TPSA) is 81.2 Å². The first-order chi connectivity index (χ1) is 13.9. The van der Waals surface area contributed by atoms with E-state index in [0.717, 1.165) is 16.7 Å². The summed E-state index contributed by atoms with van der Waals surface area (Å²) in [5.41, 5.74) is 4.36. The van der Waals surface area contributed by atoms with E-state index in [4.69, 9.17) is 4.74 Å². The smallest absolute Gasteiger partial charge is 0.321 e. The predicted octanol–water partition coefficient (Wildman–Crippen LogP) is 4.80. The van der Waals surface area contributed by atoms with Crippen LogP contribution in [0.15, 0.2) is 54.9 Å². The lowest BCUT2D eigenvalue weighted by Gasteiger charge is -2.10. The van der Waals surface area contributed by atoms with Gasteiger partial charge in [-0.15, -0.1) is 0 Å². The largest absolute Gasteiger partial charge is 0.424 e. The first-order valence-electron chi connectivity index (χ1n) is 9.38. The Morgan fingerprint density at radius 2 is 1.66 bits per heavy atom. The molecule has 148 valence electrons. The molecule has 0 atom stereocenters. The molecule has 1 N–H and O–H groups in total. The monoisotopic (exact) mass is 389 g/mol. The van der Waals surface area contributed by atoms with E-state index < -0.39 is 0 Å². The van der Waals surface area contributed by atoms with Gasteiger partial charge in [0.1, 0.15) is 5.75 Å². The molecule has 0 fully saturated rings. The van der Waals surface area contributed by atoms with Gasteiger partial charge >= 0.3 is 6.01 Å². The molecule has 0 unspecified atom stereocenters. The van der Waals surface area contributed by atoms with Crippen LogP contribution in [0.2, 0.25) is 0 Å². The van der Waals surface area contributed by atoms with Crippen molar-refractivity contribution >= 4 is 17.4 Å². The molecule has 0 bridgehead atoms. The van der Waals surface area contributed by atoms with Crippen molar-refractivity contribution in [3.8, 4) is 11.8 Å². The number of ether oxygens (including phenoxy) is 1. The van der Waals surface area contributed by atoms with Crippen LogP contribution in [0.4, 0.5) is 5.69 Å². The van der Waals surface area contributed by atoms with Gasteiger partial charge in [0.2, 0.25) is 5.91 Å². The van der Waals surface area contributed by atoms with Gasteiger partial charge in [0.25, 0.3) is 0 Å². The van der Waals surface area contributed by atoms with Gasteiger partial charge in [-0.1, -0.05) is 12.1 Å². The van der Waals surface area contributed by atoms with E-state index in [1.165, 1.54) is 0 Å². The molecule has 0 aliphatic carbocycles. The van der Waals surface area contributed by atoms with Crippen molar-refractivity contribution in [1.29, 1.82) is 0 Å². The highest BCUT2D eigenvalue weighted by atomic mass is 16.5. The second-order valence-electron chi connectivity index (χ2n) is 6.88. The van der Waals surface area contributed by atoms with Crippen molar-refractivity contribution in [3.63, 3.8) is 0 Å². The van der Waals surface area contributed by atoms with E-state index in [1.807, 2.05) is 39.0 Å². The number of aromatic nitrogens is 2. The first kappa shape index (κ1) is 20.2. The molecule has 0 radical (unpaired) electrons. The van der Waals surface area contributed by atoms with E-state index >= 15 is 0 Å². The van der Waals surface area contributed by atoms with Crippen molar-refractivity contribution < 1.29 is 14.3 Å². The highest BCUT2D eigenvalue weighted by Gasteiger charge is 2.12. The van der Waals surface area contributed by atoms with Crippen LogP contribution in [0.1, 0.15) is 39.9 Å².